The monoisotopic (exact) mass is 335 g/mol. The maximum Gasteiger partial charge on any atom is 0.187 e. The molecule has 0 aromatic heterocycles. The molecule has 0 fully saturated rings. The number of Topliss-reactive ketones (excluding diaryl/α,β-unsaturated/α-hetero) is 1. The van der Waals surface area contributed by atoms with Crippen LogP contribution >= 0.6 is 15.9 Å². The number of carbonyl (C=O) groups is 1. The van der Waals surface area contributed by atoms with Crippen LogP contribution in [0.15, 0.2) is 46.9 Å². The van der Waals surface area contributed by atoms with Crippen LogP contribution in [0.25, 0.3) is 0 Å². The number of halogens is 3. The molecule has 2 nitrogen and oxygen atoms in total. The lowest BCUT2D eigenvalue weighted by Gasteiger charge is -2.10. The van der Waals surface area contributed by atoms with Gasteiger partial charge in [-0.25, -0.2) is 8.78 Å². The Morgan fingerprint density at radius 3 is 2.40 bits per heavy atom. The van der Waals surface area contributed by atoms with Crippen molar-refractivity contribution in [3.05, 3.63) is 69.7 Å². The number of hydrogen-bond donors (Lipinski definition) is 0. The molecule has 0 saturated carbocycles. The summed E-state index contributed by atoms with van der Waals surface area (Å²) < 4.78 is 26.9. The Labute approximate surface area is 122 Å². The van der Waals surface area contributed by atoms with E-state index in [-0.39, 0.29) is 10.0 Å². The highest BCUT2D eigenvalue weighted by Crippen LogP contribution is 2.25. The van der Waals surface area contributed by atoms with Crippen molar-refractivity contribution >= 4 is 21.7 Å². The van der Waals surface area contributed by atoms with E-state index in [1.54, 1.807) is 0 Å². The topological polar surface area (TPSA) is 40.9 Å². The summed E-state index contributed by atoms with van der Waals surface area (Å²) in [5, 5.41) is 9.14. The predicted octanol–water partition coefficient (Wildman–Crippen LogP) is 4.22. The van der Waals surface area contributed by atoms with Crippen molar-refractivity contribution in [1.29, 1.82) is 5.26 Å². The molecule has 0 aliphatic heterocycles. The van der Waals surface area contributed by atoms with Gasteiger partial charge in [-0.1, -0.05) is 18.2 Å². The number of benzene rings is 2. The summed E-state index contributed by atoms with van der Waals surface area (Å²) in [6, 6.07) is 11.1. The summed E-state index contributed by atoms with van der Waals surface area (Å²) in [7, 11) is 0. The van der Waals surface area contributed by atoms with Crippen LogP contribution in [0.2, 0.25) is 0 Å². The van der Waals surface area contributed by atoms with Gasteiger partial charge in [0.15, 0.2) is 5.78 Å². The highest BCUT2D eigenvalue weighted by atomic mass is 79.9. The average Bonchev–Trinajstić information content (AvgIpc) is 2.44. The van der Waals surface area contributed by atoms with Crippen LogP contribution in [-0.4, -0.2) is 5.78 Å². The zero-order valence-electron chi connectivity index (χ0n) is 10.1. The van der Waals surface area contributed by atoms with E-state index in [9.17, 15) is 13.6 Å². The molecule has 2 aromatic rings. The Bertz CT molecular complexity index is 692. The molecule has 2 rings (SSSR count). The molecule has 0 saturated heterocycles. The third-order valence-electron chi connectivity index (χ3n) is 2.81. The van der Waals surface area contributed by atoms with E-state index in [1.165, 1.54) is 30.3 Å². The molecule has 0 N–H and O–H groups in total. The maximum absolute atomic E-state index is 13.9. The second-order valence-electron chi connectivity index (χ2n) is 4.08. The largest absolute Gasteiger partial charge is 0.292 e. The fourth-order valence-electron chi connectivity index (χ4n) is 1.79. The molecule has 0 spiro atoms. The van der Waals surface area contributed by atoms with Crippen molar-refractivity contribution in [2.24, 2.45) is 0 Å². The minimum atomic E-state index is -1.17. The van der Waals surface area contributed by atoms with E-state index in [0.29, 0.717) is 5.56 Å². The molecule has 0 radical (unpaired) electrons. The lowest BCUT2D eigenvalue weighted by Crippen LogP contribution is -2.13. The molecule has 100 valence electrons. The van der Waals surface area contributed by atoms with Crippen molar-refractivity contribution in [1.82, 2.24) is 0 Å². The van der Waals surface area contributed by atoms with Crippen LogP contribution in [0.3, 0.4) is 0 Å². The molecule has 0 amide bonds. The molecule has 1 unspecified atom stereocenters. The molecular formula is C15H8BrF2NO. The number of rotatable bonds is 3. The third kappa shape index (κ3) is 2.75. The van der Waals surface area contributed by atoms with Gasteiger partial charge in [-0.2, -0.15) is 5.26 Å². The molecule has 0 bridgehead atoms. The summed E-state index contributed by atoms with van der Waals surface area (Å²) in [4.78, 5) is 12.3. The van der Waals surface area contributed by atoms with Crippen LogP contribution in [-0.2, 0) is 0 Å². The maximum atomic E-state index is 13.9. The van der Waals surface area contributed by atoms with E-state index in [0.717, 1.165) is 12.1 Å². The van der Waals surface area contributed by atoms with Crippen molar-refractivity contribution in [3.63, 3.8) is 0 Å². The Morgan fingerprint density at radius 1 is 1.15 bits per heavy atom. The van der Waals surface area contributed by atoms with E-state index in [4.69, 9.17) is 5.26 Å². The predicted molar refractivity (Wildman–Crippen MR) is 73.2 cm³/mol. The van der Waals surface area contributed by atoms with Gasteiger partial charge in [0.05, 0.1) is 16.1 Å². The second kappa shape index (κ2) is 5.93. The molecule has 0 aliphatic carbocycles. The summed E-state index contributed by atoms with van der Waals surface area (Å²) in [6.45, 7) is 0. The van der Waals surface area contributed by atoms with Crippen LogP contribution < -0.4 is 0 Å². The molecule has 5 heteroatoms. The quantitative estimate of drug-likeness (QED) is 0.788. The van der Waals surface area contributed by atoms with Crippen LogP contribution in [0, 0.1) is 23.0 Å². The number of carbonyl (C=O) groups excluding carboxylic acids is 1. The summed E-state index contributed by atoms with van der Waals surface area (Å²) in [5.74, 6) is -3.00. The highest BCUT2D eigenvalue weighted by molar-refractivity contribution is 9.10. The summed E-state index contributed by atoms with van der Waals surface area (Å²) in [5.41, 5.74) is 0.161. The normalized spacial score (nSPS) is 11.7. The molecule has 0 heterocycles. The van der Waals surface area contributed by atoms with Crippen molar-refractivity contribution in [2.75, 3.05) is 0 Å². The number of ketones is 1. The zero-order valence-corrected chi connectivity index (χ0v) is 11.7. The van der Waals surface area contributed by atoms with Gasteiger partial charge in [-0.3, -0.25) is 4.79 Å². The second-order valence-corrected chi connectivity index (χ2v) is 4.93. The highest BCUT2D eigenvalue weighted by Gasteiger charge is 2.25. The number of nitriles is 1. The lowest BCUT2D eigenvalue weighted by atomic mass is 9.91. The fraction of sp³-hybridized carbons (Fsp3) is 0.0667. The van der Waals surface area contributed by atoms with Gasteiger partial charge in [0, 0.05) is 0 Å². The van der Waals surface area contributed by atoms with E-state index >= 15 is 0 Å². The van der Waals surface area contributed by atoms with Gasteiger partial charge >= 0.3 is 0 Å². The van der Waals surface area contributed by atoms with Crippen molar-refractivity contribution in [3.8, 4) is 6.07 Å². The van der Waals surface area contributed by atoms with E-state index < -0.39 is 23.3 Å². The Kier molecular flexibility index (Phi) is 4.26. The van der Waals surface area contributed by atoms with Gasteiger partial charge in [-0.15, -0.1) is 0 Å². The standard InChI is InChI=1S/C15H8BrF2NO/c16-13-3-1-2-11(14(13)18)15(20)12(8-19)9-4-6-10(17)7-5-9/h1-7,12H. The Balaban J connectivity index is 2.42. The Hall–Kier alpha value is -2.06. The minimum Gasteiger partial charge on any atom is -0.292 e. The first kappa shape index (κ1) is 14.4. The van der Waals surface area contributed by atoms with Crippen LogP contribution in [0.5, 0.6) is 0 Å². The summed E-state index contributed by atoms with van der Waals surface area (Å²) >= 11 is 2.99. The fourth-order valence-corrected chi connectivity index (χ4v) is 2.16. The SMILES string of the molecule is N#CC(C(=O)c1cccc(Br)c1F)c1ccc(F)cc1. The molecular weight excluding hydrogens is 328 g/mol. The third-order valence-corrected chi connectivity index (χ3v) is 3.42. The van der Waals surface area contributed by atoms with E-state index in [1.807, 2.05) is 6.07 Å². The van der Waals surface area contributed by atoms with Gasteiger partial charge < -0.3 is 0 Å². The molecule has 20 heavy (non-hydrogen) atoms. The molecule has 1 atom stereocenters. The van der Waals surface area contributed by atoms with E-state index in [2.05, 4.69) is 15.9 Å². The smallest absolute Gasteiger partial charge is 0.187 e. The van der Waals surface area contributed by atoms with Crippen molar-refractivity contribution < 1.29 is 13.6 Å². The first-order chi connectivity index (χ1) is 9.54. The van der Waals surface area contributed by atoms with Crippen LogP contribution in [0.4, 0.5) is 8.78 Å². The van der Waals surface area contributed by atoms with Gasteiger partial charge in [0.2, 0.25) is 0 Å². The van der Waals surface area contributed by atoms with Gasteiger partial charge in [0.25, 0.3) is 0 Å². The zero-order chi connectivity index (χ0) is 14.7. The Morgan fingerprint density at radius 2 is 1.80 bits per heavy atom. The van der Waals surface area contributed by atoms with Crippen molar-refractivity contribution in [2.45, 2.75) is 5.92 Å². The number of nitrogens with zero attached hydrogens (tertiary/aromatic N) is 1. The molecule has 2 aromatic carbocycles. The number of hydrogen-bond acceptors (Lipinski definition) is 2. The first-order valence-electron chi connectivity index (χ1n) is 5.68. The molecule has 0 aliphatic rings. The first-order valence-corrected chi connectivity index (χ1v) is 6.47. The van der Waals surface area contributed by atoms with Crippen LogP contribution in [0.1, 0.15) is 21.8 Å². The summed E-state index contributed by atoms with van der Waals surface area (Å²) in [6.07, 6.45) is 0. The van der Waals surface area contributed by atoms with Gasteiger partial charge in [0.1, 0.15) is 17.6 Å². The lowest BCUT2D eigenvalue weighted by molar-refractivity contribution is 0.0974. The minimum absolute atomic E-state index is 0.152. The van der Waals surface area contributed by atoms with Gasteiger partial charge in [-0.05, 0) is 45.8 Å². The average molecular weight is 336 g/mol.